The van der Waals surface area contributed by atoms with Crippen LogP contribution in [0.4, 0.5) is 0 Å². The van der Waals surface area contributed by atoms with Crippen LogP contribution in [0.15, 0.2) is 6.07 Å². The Morgan fingerprint density at radius 3 is 2.63 bits per heavy atom. The van der Waals surface area contributed by atoms with E-state index in [9.17, 15) is 9.59 Å². The summed E-state index contributed by atoms with van der Waals surface area (Å²) in [6.45, 7) is 5.54. The number of nitrogens with zero attached hydrogens (tertiary/aromatic N) is 1. The molecular weight excluding hydrogens is 264 g/mol. The topological polar surface area (TPSA) is 83.6 Å². The maximum Gasteiger partial charge on any atom is 0.345 e. The lowest BCUT2D eigenvalue weighted by molar-refractivity contribution is -0.119. The number of aryl methyl sites for hydroxylation is 1. The summed E-state index contributed by atoms with van der Waals surface area (Å²) in [5.74, 6) is -1.27. The van der Waals surface area contributed by atoms with Crippen LogP contribution in [0.3, 0.4) is 0 Å². The maximum absolute atomic E-state index is 11.1. The number of unbranched alkanes of at least 4 members (excludes halogenated alkanes) is 1. The molecule has 0 saturated heterocycles. The number of hydrogen-bond acceptors (Lipinski definition) is 4. The summed E-state index contributed by atoms with van der Waals surface area (Å²) < 4.78 is 0. The van der Waals surface area contributed by atoms with Gasteiger partial charge in [-0.3, -0.25) is 9.69 Å². The lowest BCUT2D eigenvalue weighted by Crippen LogP contribution is -2.34. The van der Waals surface area contributed by atoms with E-state index in [2.05, 4.69) is 6.92 Å². The Kier molecular flexibility index (Phi) is 5.98. The van der Waals surface area contributed by atoms with Crippen molar-refractivity contribution < 1.29 is 14.7 Å². The molecule has 0 aliphatic rings. The van der Waals surface area contributed by atoms with E-state index in [0.29, 0.717) is 11.4 Å². The van der Waals surface area contributed by atoms with Crippen molar-refractivity contribution in [3.8, 4) is 0 Å². The monoisotopic (exact) mass is 284 g/mol. The summed E-state index contributed by atoms with van der Waals surface area (Å²) in [4.78, 5) is 25.3. The number of carboxylic acid groups (broad SMARTS) is 1. The Bertz CT molecular complexity index is 457. The van der Waals surface area contributed by atoms with Crippen molar-refractivity contribution in [1.82, 2.24) is 4.90 Å². The third-order valence-corrected chi connectivity index (χ3v) is 3.91. The minimum Gasteiger partial charge on any atom is -0.477 e. The van der Waals surface area contributed by atoms with Gasteiger partial charge >= 0.3 is 5.97 Å². The molecule has 19 heavy (non-hydrogen) atoms. The van der Waals surface area contributed by atoms with Gasteiger partial charge in [0.2, 0.25) is 5.91 Å². The van der Waals surface area contributed by atoms with Crippen LogP contribution in [-0.2, 0) is 11.3 Å². The molecule has 0 spiro atoms. The first kappa shape index (κ1) is 15.7. The van der Waals surface area contributed by atoms with Crippen LogP contribution in [0, 0.1) is 6.92 Å². The van der Waals surface area contributed by atoms with Gasteiger partial charge in [-0.2, -0.15) is 0 Å². The van der Waals surface area contributed by atoms with Gasteiger partial charge in [0.25, 0.3) is 0 Å². The molecule has 106 valence electrons. The van der Waals surface area contributed by atoms with Gasteiger partial charge < -0.3 is 10.8 Å². The van der Waals surface area contributed by atoms with E-state index in [1.165, 1.54) is 11.3 Å². The summed E-state index contributed by atoms with van der Waals surface area (Å²) in [5.41, 5.74) is 6.20. The van der Waals surface area contributed by atoms with Gasteiger partial charge in [0.05, 0.1) is 6.54 Å². The lowest BCUT2D eigenvalue weighted by Gasteiger charge is -2.20. The number of primary amides is 1. The van der Waals surface area contributed by atoms with Crippen molar-refractivity contribution >= 4 is 23.2 Å². The molecule has 1 rings (SSSR count). The third kappa shape index (κ3) is 5.00. The molecule has 5 nitrogen and oxygen atoms in total. The Morgan fingerprint density at radius 2 is 2.16 bits per heavy atom. The molecule has 1 amide bonds. The molecule has 1 heterocycles. The van der Waals surface area contributed by atoms with Crippen LogP contribution in [0.1, 0.15) is 39.9 Å². The number of rotatable bonds is 8. The van der Waals surface area contributed by atoms with Crippen LogP contribution >= 0.6 is 11.3 Å². The van der Waals surface area contributed by atoms with Crippen LogP contribution in [0.2, 0.25) is 0 Å². The molecule has 6 heteroatoms. The summed E-state index contributed by atoms with van der Waals surface area (Å²) in [7, 11) is 0. The van der Waals surface area contributed by atoms with Crippen molar-refractivity contribution in [2.45, 2.75) is 33.2 Å². The van der Waals surface area contributed by atoms with Crippen molar-refractivity contribution in [2.24, 2.45) is 5.73 Å². The molecule has 0 radical (unpaired) electrons. The van der Waals surface area contributed by atoms with E-state index in [1.54, 1.807) is 6.07 Å². The zero-order chi connectivity index (χ0) is 14.4. The Balaban J connectivity index is 2.76. The lowest BCUT2D eigenvalue weighted by atomic mass is 10.2. The average molecular weight is 284 g/mol. The number of hydrogen-bond donors (Lipinski definition) is 2. The minimum absolute atomic E-state index is 0.206. The maximum atomic E-state index is 11.1. The summed E-state index contributed by atoms with van der Waals surface area (Å²) in [6.07, 6.45) is 2.03. The highest BCUT2D eigenvalue weighted by atomic mass is 32.1. The van der Waals surface area contributed by atoms with Crippen LogP contribution in [0.25, 0.3) is 0 Å². The number of thiophene rings is 1. The van der Waals surface area contributed by atoms with Gasteiger partial charge in [0, 0.05) is 11.4 Å². The summed E-state index contributed by atoms with van der Waals surface area (Å²) >= 11 is 1.26. The van der Waals surface area contributed by atoms with E-state index in [0.717, 1.165) is 29.8 Å². The predicted octanol–water partition coefficient (Wildman–Crippen LogP) is 1.84. The van der Waals surface area contributed by atoms with E-state index >= 15 is 0 Å². The van der Waals surface area contributed by atoms with Gasteiger partial charge in [0.1, 0.15) is 4.88 Å². The van der Waals surface area contributed by atoms with Crippen LogP contribution in [-0.4, -0.2) is 35.0 Å². The normalized spacial score (nSPS) is 10.9. The molecule has 0 aliphatic heterocycles. The third-order valence-electron chi connectivity index (χ3n) is 2.83. The molecule has 1 aromatic heterocycles. The second-order valence-corrected chi connectivity index (χ2v) is 5.78. The number of amides is 1. The van der Waals surface area contributed by atoms with Crippen molar-refractivity contribution in [1.29, 1.82) is 0 Å². The van der Waals surface area contributed by atoms with E-state index in [-0.39, 0.29) is 12.5 Å². The highest BCUT2D eigenvalue weighted by Gasteiger charge is 2.15. The highest BCUT2D eigenvalue weighted by molar-refractivity contribution is 7.14. The van der Waals surface area contributed by atoms with Crippen LogP contribution in [0.5, 0.6) is 0 Å². The number of carbonyl (C=O) groups is 2. The first-order chi connectivity index (χ1) is 8.93. The Hall–Kier alpha value is -1.40. The van der Waals surface area contributed by atoms with Gasteiger partial charge in [0.15, 0.2) is 0 Å². The number of carbonyl (C=O) groups excluding carboxylic acids is 1. The summed E-state index contributed by atoms with van der Waals surface area (Å²) in [6, 6.07) is 1.68. The largest absolute Gasteiger partial charge is 0.477 e. The van der Waals surface area contributed by atoms with E-state index < -0.39 is 5.97 Å². The molecule has 0 saturated carbocycles. The van der Waals surface area contributed by atoms with Gasteiger partial charge in [-0.25, -0.2) is 4.79 Å². The van der Waals surface area contributed by atoms with Gasteiger partial charge in [-0.1, -0.05) is 13.3 Å². The van der Waals surface area contributed by atoms with E-state index in [1.807, 2.05) is 11.8 Å². The molecule has 0 unspecified atom stereocenters. The molecule has 0 atom stereocenters. The smallest absolute Gasteiger partial charge is 0.345 e. The molecule has 0 bridgehead atoms. The second kappa shape index (κ2) is 7.25. The standard InChI is InChI=1S/C13H20N2O3S/c1-3-4-5-15(8-12(14)16)7-10-6-11(13(17)18)19-9(10)2/h6H,3-5,7-8H2,1-2H3,(H2,14,16)(H,17,18). The molecule has 0 aromatic carbocycles. The van der Waals surface area contributed by atoms with Crippen LogP contribution < -0.4 is 5.73 Å². The molecule has 0 fully saturated rings. The zero-order valence-electron chi connectivity index (χ0n) is 11.3. The van der Waals surface area contributed by atoms with Crippen molar-refractivity contribution in [3.63, 3.8) is 0 Å². The van der Waals surface area contributed by atoms with Gasteiger partial charge in [-0.15, -0.1) is 11.3 Å². The molecule has 3 N–H and O–H groups in total. The second-order valence-electron chi connectivity index (χ2n) is 4.53. The average Bonchev–Trinajstić information content (AvgIpc) is 2.67. The molecule has 1 aromatic rings. The fourth-order valence-corrected chi connectivity index (χ4v) is 2.71. The summed E-state index contributed by atoms with van der Waals surface area (Å²) in [5, 5.41) is 8.97. The predicted molar refractivity (Wildman–Crippen MR) is 75.4 cm³/mol. The molecule has 0 aliphatic carbocycles. The fraction of sp³-hybridized carbons (Fsp3) is 0.538. The SMILES string of the molecule is CCCCN(CC(N)=O)Cc1cc(C(=O)O)sc1C. The van der Waals surface area contributed by atoms with E-state index in [4.69, 9.17) is 10.8 Å². The fourth-order valence-electron chi connectivity index (χ4n) is 1.84. The first-order valence-corrected chi connectivity index (χ1v) is 7.09. The quantitative estimate of drug-likeness (QED) is 0.763. The zero-order valence-corrected chi connectivity index (χ0v) is 12.1. The molecular formula is C13H20N2O3S. The Morgan fingerprint density at radius 1 is 1.47 bits per heavy atom. The number of carboxylic acids is 1. The van der Waals surface area contributed by atoms with Crippen molar-refractivity contribution in [2.75, 3.05) is 13.1 Å². The van der Waals surface area contributed by atoms with Crippen molar-refractivity contribution in [3.05, 3.63) is 21.4 Å². The highest BCUT2D eigenvalue weighted by Crippen LogP contribution is 2.23. The van der Waals surface area contributed by atoms with Gasteiger partial charge in [-0.05, 0) is 31.5 Å². The first-order valence-electron chi connectivity index (χ1n) is 6.27. The number of aromatic carboxylic acids is 1. The Labute approximate surface area is 117 Å². The minimum atomic E-state index is -0.908. The number of nitrogens with two attached hydrogens (primary N) is 1.